The Bertz CT molecular complexity index is 796. The van der Waals surface area contributed by atoms with E-state index in [0.29, 0.717) is 5.56 Å². The van der Waals surface area contributed by atoms with Gasteiger partial charge in [0.25, 0.3) is 5.91 Å². The average molecular weight is 393 g/mol. The molecule has 0 bridgehead atoms. The summed E-state index contributed by atoms with van der Waals surface area (Å²) < 4.78 is 0. The van der Waals surface area contributed by atoms with Crippen LogP contribution in [0.3, 0.4) is 0 Å². The Kier molecular flexibility index (Phi) is 5.64. The number of benzene rings is 1. The summed E-state index contributed by atoms with van der Waals surface area (Å²) in [5.74, 6) is -0.567. The quantitative estimate of drug-likeness (QED) is 0.761. The van der Waals surface area contributed by atoms with Crippen LogP contribution in [0.2, 0.25) is 0 Å². The second kappa shape index (κ2) is 7.77. The average Bonchev–Trinajstić information content (AvgIpc) is 3.06. The van der Waals surface area contributed by atoms with Crippen molar-refractivity contribution in [1.82, 2.24) is 9.88 Å². The number of rotatable bonds is 5. The number of aliphatic carboxylic acids is 1. The molecule has 8 heteroatoms. The van der Waals surface area contributed by atoms with Crippen molar-refractivity contribution in [2.24, 2.45) is 0 Å². The highest BCUT2D eigenvalue weighted by atomic mass is 32.2. The number of aromatic nitrogens is 1. The summed E-state index contributed by atoms with van der Waals surface area (Å²) in [4.78, 5) is 30.7. The van der Waals surface area contributed by atoms with Gasteiger partial charge in [-0.2, -0.15) is 0 Å². The minimum Gasteiger partial charge on any atom is -0.479 e. The van der Waals surface area contributed by atoms with E-state index in [9.17, 15) is 14.7 Å². The van der Waals surface area contributed by atoms with Gasteiger partial charge in [0, 0.05) is 47.5 Å². The largest absolute Gasteiger partial charge is 0.479 e. The second-order valence-corrected chi connectivity index (χ2v) is 8.41. The minimum atomic E-state index is -1.72. The first kappa shape index (κ1) is 18.9. The lowest BCUT2D eigenvalue weighted by Gasteiger charge is -2.35. The standard InChI is InChI=1S/C18H20N2O4S2/c1-12-19-14(10-25-12)11-26-15-4-2-13(3-5-15)16(21)20-8-6-18(24,7-9-20)17(22)23/h2-5,10,24H,6-9,11H2,1H3,(H,22,23). The van der Waals surface area contributed by atoms with Gasteiger partial charge in [-0.15, -0.1) is 23.1 Å². The maximum Gasteiger partial charge on any atom is 0.335 e. The third-order valence-corrected chi connectivity index (χ3v) is 6.30. The summed E-state index contributed by atoms with van der Waals surface area (Å²) in [6, 6.07) is 7.40. The van der Waals surface area contributed by atoms with Crippen LogP contribution in [0.1, 0.15) is 33.9 Å². The number of amides is 1. The molecule has 0 saturated carbocycles. The summed E-state index contributed by atoms with van der Waals surface area (Å²) in [6.07, 6.45) is 0.101. The van der Waals surface area contributed by atoms with Crippen LogP contribution in [0.15, 0.2) is 34.5 Å². The van der Waals surface area contributed by atoms with Gasteiger partial charge in [-0.05, 0) is 31.2 Å². The molecular weight excluding hydrogens is 372 g/mol. The first-order valence-electron chi connectivity index (χ1n) is 8.26. The fourth-order valence-corrected chi connectivity index (χ4v) is 4.31. The van der Waals surface area contributed by atoms with Crippen LogP contribution in [0, 0.1) is 6.92 Å². The number of nitrogens with zero attached hydrogens (tertiary/aromatic N) is 2. The van der Waals surface area contributed by atoms with Gasteiger partial charge in [0.15, 0.2) is 5.60 Å². The number of carbonyl (C=O) groups is 2. The fraction of sp³-hybridized carbons (Fsp3) is 0.389. The Hall–Kier alpha value is -1.90. The van der Waals surface area contributed by atoms with Crippen LogP contribution in [0.25, 0.3) is 0 Å². The monoisotopic (exact) mass is 392 g/mol. The Labute approximate surface area is 159 Å². The van der Waals surface area contributed by atoms with Crippen molar-refractivity contribution in [3.05, 3.63) is 45.9 Å². The smallest absolute Gasteiger partial charge is 0.335 e. The molecule has 2 aromatic rings. The molecule has 26 heavy (non-hydrogen) atoms. The van der Waals surface area contributed by atoms with Gasteiger partial charge in [-0.25, -0.2) is 9.78 Å². The normalized spacial score (nSPS) is 16.5. The summed E-state index contributed by atoms with van der Waals surface area (Å²) in [6.45, 7) is 2.46. The second-order valence-electron chi connectivity index (χ2n) is 6.30. The zero-order chi connectivity index (χ0) is 18.7. The number of piperidine rings is 1. The number of thioether (sulfide) groups is 1. The van der Waals surface area contributed by atoms with Gasteiger partial charge < -0.3 is 15.1 Å². The van der Waals surface area contributed by atoms with Gasteiger partial charge in [0.05, 0.1) is 10.7 Å². The van der Waals surface area contributed by atoms with Gasteiger partial charge in [0.1, 0.15) is 0 Å². The molecule has 3 rings (SSSR count). The van der Waals surface area contributed by atoms with Crippen LogP contribution < -0.4 is 0 Å². The van der Waals surface area contributed by atoms with Crippen LogP contribution >= 0.6 is 23.1 Å². The lowest BCUT2D eigenvalue weighted by Crippen LogP contribution is -2.50. The maximum absolute atomic E-state index is 12.6. The molecule has 0 radical (unpaired) electrons. The van der Waals surface area contributed by atoms with E-state index in [2.05, 4.69) is 10.4 Å². The van der Waals surface area contributed by atoms with Crippen LogP contribution in [-0.2, 0) is 10.5 Å². The first-order valence-corrected chi connectivity index (χ1v) is 10.1. The molecule has 1 aliphatic rings. The maximum atomic E-state index is 12.6. The van der Waals surface area contributed by atoms with E-state index in [1.165, 1.54) is 0 Å². The predicted octanol–water partition coefficient (Wildman–Crippen LogP) is 2.80. The molecule has 1 amide bonds. The van der Waals surface area contributed by atoms with E-state index >= 15 is 0 Å². The van der Waals surface area contributed by atoms with Crippen molar-refractivity contribution < 1.29 is 19.8 Å². The lowest BCUT2D eigenvalue weighted by atomic mass is 9.91. The Balaban J connectivity index is 1.56. The van der Waals surface area contributed by atoms with E-state index in [4.69, 9.17) is 5.11 Å². The summed E-state index contributed by atoms with van der Waals surface area (Å²) >= 11 is 3.30. The van der Waals surface area contributed by atoms with E-state index < -0.39 is 11.6 Å². The number of carboxylic acids is 1. The molecule has 0 aliphatic carbocycles. The van der Waals surface area contributed by atoms with Crippen LogP contribution in [-0.4, -0.2) is 50.7 Å². The summed E-state index contributed by atoms with van der Waals surface area (Å²) in [7, 11) is 0. The summed E-state index contributed by atoms with van der Waals surface area (Å²) in [5, 5.41) is 22.1. The van der Waals surface area contributed by atoms with E-state index in [-0.39, 0.29) is 31.8 Å². The Morgan fingerprint density at radius 2 is 1.92 bits per heavy atom. The molecular formula is C18H20N2O4S2. The van der Waals surface area contributed by atoms with Crippen molar-refractivity contribution in [2.75, 3.05) is 13.1 Å². The summed E-state index contributed by atoms with van der Waals surface area (Å²) in [5.41, 5.74) is -0.0952. The number of aryl methyl sites for hydroxylation is 1. The van der Waals surface area contributed by atoms with Gasteiger partial charge in [-0.1, -0.05) is 0 Å². The molecule has 0 unspecified atom stereocenters. The SMILES string of the molecule is Cc1nc(CSc2ccc(C(=O)N3CCC(O)(C(=O)O)CC3)cc2)cs1. The number of carbonyl (C=O) groups excluding carboxylic acids is 1. The molecule has 1 saturated heterocycles. The highest BCUT2D eigenvalue weighted by molar-refractivity contribution is 7.98. The molecule has 1 aliphatic heterocycles. The Morgan fingerprint density at radius 3 is 2.46 bits per heavy atom. The van der Waals surface area contributed by atoms with Crippen molar-refractivity contribution in [1.29, 1.82) is 0 Å². The highest BCUT2D eigenvalue weighted by Crippen LogP contribution is 2.26. The molecule has 0 atom stereocenters. The lowest BCUT2D eigenvalue weighted by molar-refractivity contribution is -0.162. The van der Waals surface area contributed by atoms with Crippen molar-refractivity contribution >= 4 is 35.0 Å². The number of hydrogen-bond acceptors (Lipinski definition) is 6. The number of hydrogen-bond donors (Lipinski definition) is 2. The van der Waals surface area contributed by atoms with Gasteiger partial charge in [-0.3, -0.25) is 4.79 Å². The molecule has 0 spiro atoms. The van der Waals surface area contributed by atoms with Crippen LogP contribution in [0.5, 0.6) is 0 Å². The molecule has 2 N–H and O–H groups in total. The van der Waals surface area contributed by atoms with Gasteiger partial charge >= 0.3 is 5.97 Å². The number of aliphatic hydroxyl groups is 1. The molecule has 1 aromatic carbocycles. The Morgan fingerprint density at radius 1 is 1.27 bits per heavy atom. The third-order valence-electron chi connectivity index (χ3n) is 4.43. The van der Waals surface area contributed by atoms with Crippen molar-refractivity contribution in [3.63, 3.8) is 0 Å². The van der Waals surface area contributed by atoms with E-state index in [1.54, 1.807) is 40.1 Å². The zero-order valence-corrected chi connectivity index (χ0v) is 16.0. The third kappa shape index (κ3) is 4.25. The molecule has 1 aromatic heterocycles. The zero-order valence-electron chi connectivity index (χ0n) is 14.3. The van der Waals surface area contributed by atoms with E-state index in [1.807, 2.05) is 19.1 Å². The molecule has 2 heterocycles. The first-order chi connectivity index (χ1) is 12.4. The van der Waals surface area contributed by atoms with Gasteiger partial charge in [0.2, 0.25) is 0 Å². The predicted molar refractivity (Wildman–Crippen MR) is 101 cm³/mol. The molecule has 1 fully saturated rings. The fourth-order valence-electron chi connectivity index (χ4n) is 2.80. The highest BCUT2D eigenvalue weighted by Gasteiger charge is 2.40. The van der Waals surface area contributed by atoms with E-state index in [0.717, 1.165) is 21.3 Å². The number of thiazole rings is 1. The van der Waals surface area contributed by atoms with Crippen LogP contribution in [0.4, 0.5) is 0 Å². The topological polar surface area (TPSA) is 90.7 Å². The number of carboxylic acid groups (broad SMARTS) is 1. The molecule has 138 valence electrons. The molecule has 6 nitrogen and oxygen atoms in total. The van der Waals surface area contributed by atoms with Crippen molar-refractivity contribution in [2.45, 2.75) is 36.0 Å². The van der Waals surface area contributed by atoms with Crippen molar-refractivity contribution in [3.8, 4) is 0 Å². The minimum absolute atomic E-state index is 0.0507. The number of likely N-dealkylation sites (tertiary alicyclic amines) is 1.